The van der Waals surface area contributed by atoms with E-state index in [1.54, 1.807) is 0 Å². The van der Waals surface area contributed by atoms with Gasteiger partial charge in [-0.25, -0.2) is 0 Å². The number of para-hydroxylation sites is 1. The molecule has 0 radical (unpaired) electrons. The van der Waals surface area contributed by atoms with Crippen molar-refractivity contribution in [1.82, 2.24) is 4.90 Å². The highest BCUT2D eigenvalue weighted by Gasteiger charge is 2.17. The topological polar surface area (TPSA) is 39.6 Å². The molecule has 0 bridgehead atoms. The Balaban J connectivity index is 2.04. The summed E-state index contributed by atoms with van der Waals surface area (Å²) in [7, 11) is 1.92. The first-order chi connectivity index (χ1) is 7.79. The van der Waals surface area contributed by atoms with Crippen LogP contribution in [0.3, 0.4) is 0 Å². The molecule has 16 heavy (non-hydrogen) atoms. The minimum atomic E-state index is 0.537. The Morgan fingerprint density at radius 3 is 2.50 bits per heavy atom. The van der Waals surface area contributed by atoms with Crippen LogP contribution in [0, 0.1) is 5.41 Å². The lowest BCUT2D eigenvalue weighted by atomic mass is 10.3. The van der Waals surface area contributed by atoms with E-state index in [9.17, 15) is 0 Å². The zero-order chi connectivity index (χ0) is 11.4. The largest absolute Gasteiger partial charge is 0.378 e. The van der Waals surface area contributed by atoms with Crippen LogP contribution in [0.15, 0.2) is 30.3 Å². The minimum absolute atomic E-state index is 0.537. The number of guanidine groups is 1. The molecule has 1 aliphatic heterocycles. The summed E-state index contributed by atoms with van der Waals surface area (Å²) in [5, 5.41) is 8.12. The van der Waals surface area contributed by atoms with E-state index in [-0.39, 0.29) is 0 Å². The first-order valence-electron chi connectivity index (χ1n) is 5.49. The molecule has 1 fully saturated rings. The van der Waals surface area contributed by atoms with Crippen LogP contribution in [0.5, 0.6) is 0 Å². The Hall–Kier alpha value is -1.55. The summed E-state index contributed by atoms with van der Waals surface area (Å²) in [6, 6.07) is 9.97. The van der Waals surface area contributed by atoms with Crippen LogP contribution in [0.1, 0.15) is 0 Å². The highest BCUT2D eigenvalue weighted by Crippen LogP contribution is 2.13. The Morgan fingerprint density at radius 2 is 1.88 bits per heavy atom. The molecule has 0 aromatic heterocycles. The molecule has 1 aromatic carbocycles. The van der Waals surface area contributed by atoms with E-state index in [1.165, 1.54) is 0 Å². The molecule has 1 aliphatic rings. The number of hydrogen-bond acceptors (Lipinski definition) is 2. The number of hydrogen-bond donors (Lipinski definition) is 1. The van der Waals surface area contributed by atoms with Gasteiger partial charge in [-0.05, 0) is 12.1 Å². The zero-order valence-electron chi connectivity index (χ0n) is 9.52. The molecule has 4 heteroatoms. The second-order valence-electron chi connectivity index (χ2n) is 3.82. The maximum Gasteiger partial charge on any atom is 0.198 e. The van der Waals surface area contributed by atoms with Crippen molar-refractivity contribution in [3.05, 3.63) is 30.3 Å². The van der Waals surface area contributed by atoms with Gasteiger partial charge in [-0.2, -0.15) is 0 Å². The lowest BCUT2D eigenvalue weighted by Crippen LogP contribution is -2.47. The molecule has 0 aliphatic carbocycles. The van der Waals surface area contributed by atoms with Gasteiger partial charge in [0.25, 0.3) is 0 Å². The summed E-state index contributed by atoms with van der Waals surface area (Å²) >= 11 is 0. The van der Waals surface area contributed by atoms with Crippen molar-refractivity contribution < 1.29 is 4.74 Å². The number of morpholine rings is 1. The van der Waals surface area contributed by atoms with Gasteiger partial charge in [-0.15, -0.1) is 0 Å². The van der Waals surface area contributed by atoms with Crippen molar-refractivity contribution in [1.29, 1.82) is 5.41 Å². The first kappa shape index (κ1) is 11.0. The van der Waals surface area contributed by atoms with E-state index < -0.39 is 0 Å². The highest BCUT2D eigenvalue weighted by molar-refractivity contribution is 5.93. The molecule has 4 nitrogen and oxygen atoms in total. The summed E-state index contributed by atoms with van der Waals surface area (Å²) in [5.74, 6) is 0.537. The third-order valence-corrected chi connectivity index (χ3v) is 2.77. The van der Waals surface area contributed by atoms with Crippen LogP contribution in [-0.2, 0) is 4.74 Å². The number of nitrogens with zero attached hydrogens (tertiary/aromatic N) is 2. The van der Waals surface area contributed by atoms with E-state index >= 15 is 0 Å². The van der Waals surface area contributed by atoms with Crippen molar-refractivity contribution in [3.63, 3.8) is 0 Å². The lowest BCUT2D eigenvalue weighted by Gasteiger charge is -2.33. The van der Waals surface area contributed by atoms with Crippen molar-refractivity contribution in [2.45, 2.75) is 0 Å². The molecule has 0 spiro atoms. The number of benzene rings is 1. The third-order valence-electron chi connectivity index (χ3n) is 2.77. The summed E-state index contributed by atoms with van der Waals surface area (Å²) in [6.07, 6.45) is 0. The quantitative estimate of drug-likeness (QED) is 0.573. The van der Waals surface area contributed by atoms with Gasteiger partial charge in [0.1, 0.15) is 0 Å². The van der Waals surface area contributed by atoms with E-state index in [2.05, 4.69) is 0 Å². The van der Waals surface area contributed by atoms with E-state index in [0.29, 0.717) is 19.2 Å². The summed E-state index contributed by atoms with van der Waals surface area (Å²) < 4.78 is 5.28. The molecular formula is C12H17N3O. The molecule has 0 saturated carbocycles. The van der Waals surface area contributed by atoms with Gasteiger partial charge in [0.2, 0.25) is 0 Å². The first-order valence-corrected chi connectivity index (χ1v) is 5.49. The van der Waals surface area contributed by atoms with Crippen LogP contribution >= 0.6 is 0 Å². The monoisotopic (exact) mass is 219 g/mol. The molecular weight excluding hydrogens is 202 g/mol. The maximum atomic E-state index is 8.12. The second-order valence-corrected chi connectivity index (χ2v) is 3.82. The number of rotatable bonds is 1. The molecule has 1 heterocycles. The summed E-state index contributed by atoms with van der Waals surface area (Å²) in [4.78, 5) is 3.93. The van der Waals surface area contributed by atoms with Gasteiger partial charge >= 0.3 is 0 Å². The van der Waals surface area contributed by atoms with Crippen LogP contribution in [0.2, 0.25) is 0 Å². The molecule has 0 amide bonds. The number of ether oxygens (including phenoxy) is 1. The third kappa shape index (κ3) is 2.33. The van der Waals surface area contributed by atoms with Crippen LogP contribution < -0.4 is 4.90 Å². The van der Waals surface area contributed by atoms with Crippen LogP contribution in [-0.4, -0.2) is 44.2 Å². The fraction of sp³-hybridized carbons (Fsp3) is 0.417. The van der Waals surface area contributed by atoms with Crippen molar-refractivity contribution in [3.8, 4) is 0 Å². The maximum absolute atomic E-state index is 8.12. The molecule has 2 rings (SSSR count). The molecule has 0 unspecified atom stereocenters. The number of anilines is 1. The van der Waals surface area contributed by atoms with E-state index in [1.807, 2.05) is 47.2 Å². The van der Waals surface area contributed by atoms with Gasteiger partial charge in [0.15, 0.2) is 5.96 Å². The highest BCUT2D eigenvalue weighted by atomic mass is 16.5. The van der Waals surface area contributed by atoms with E-state index in [0.717, 1.165) is 18.8 Å². The fourth-order valence-corrected chi connectivity index (χ4v) is 1.76. The van der Waals surface area contributed by atoms with E-state index in [4.69, 9.17) is 10.1 Å². The molecule has 1 N–H and O–H groups in total. The molecule has 1 saturated heterocycles. The van der Waals surface area contributed by atoms with Crippen molar-refractivity contribution in [2.24, 2.45) is 0 Å². The van der Waals surface area contributed by atoms with Crippen LogP contribution in [0.25, 0.3) is 0 Å². The second kappa shape index (κ2) is 4.99. The average Bonchev–Trinajstić information content (AvgIpc) is 2.39. The summed E-state index contributed by atoms with van der Waals surface area (Å²) in [5.41, 5.74) is 1.04. The van der Waals surface area contributed by atoms with Gasteiger partial charge < -0.3 is 14.5 Å². The Bertz CT molecular complexity index is 347. The van der Waals surface area contributed by atoms with Crippen LogP contribution in [0.4, 0.5) is 5.69 Å². The number of nitrogens with one attached hydrogen (secondary N) is 1. The molecule has 1 aromatic rings. The average molecular weight is 219 g/mol. The van der Waals surface area contributed by atoms with Gasteiger partial charge in [-0.1, -0.05) is 18.2 Å². The SMILES string of the molecule is CN(C(=N)N1CCOCC1)c1ccccc1. The normalized spacial score (nSPS) is 15.9. The molecule has 86 valence electrons. The fourth-order valence-electron chi connectivity index (χ4n) is 1.76. The standard InChI is InChI=1S/C12H17N3O/c1-14(11-5-3-2-4-6-11)12(13)15-7-9-16-10-8-15/h2-6,13H,7-10H2,1H3. The van der Waals surface area contributed by atoms with Gasteiger partial charge in [-0.3, -0.25) is 5.41 Å². The Kier molecular flexibility index (Phi) is 3.41. The minimum Gasteiger partial charge on any atom is -0.378 e. The summed E-state index contributed by atoms with van der Waals surface area (Å²) in [6.45, 7) is 3.03. The molecule has 0 atom stereocenters. The predicted octanol–water partition coefficient (Wildman–Crippen LogP) is 1.39. The van der Waals surface area contributed by atoms with Crippen molar-refractivity contribution in [2.75, 3.05) is 38.3 Å². The lowest BCUT2D eigenvalue weighted by molar-refractivity contribution is 0.0671. The predicted molar refractivity (Wildman–Crippen MR) is 65.0 cm³/mol. The Labute approximate surface area is 95.9 Å². The van der Waals surface area contributed by atoms with Crippen molar-refractivity contribution >= 4 is 11.6 Å². The Morgan fingerprint density at radius 1 is 1.25 bits per heavy atom. The van der Waals surface area contributed by atoms with Gasteiger partial charge in [0, 0.05) is 25.8 Å². The van der Waals surface area contributed by atoms with Gasteiger partial charge in [0.05, 0.1) is 13.2 Å². The smallest absolute Gasteiger partial charge is 0.198 e. The zero-order valence-corrected chi connectivity index (χ0v) is 9.52.